The molecular weight excluding hydrogens is 253 g/mol. The summed E-state index contributed by atoms with van der Waals surface area (Å²) in [4.78, 5) is 0. The van der Waals surface area contributed by atoms with Gasteiger partial charge < -0.3 is 5.32 Å². The fourth-order valence-corrected chi connectivity index (χ4v) is 2.98. The maximum Gasteiger partial charge on any atom is 0.0424 e. The van der Waals surface area contributed by atoms with Gasteiger partial charge in [0.05, 0.1) is 0 Å². The molecule has 2 rings (SSSR count). The molecule has 1 fully saturated rings. The van der Waals surface area contributed by atoms with Crippen LogP contribution in [0, 0.1) is 5.41 Å². The number of halogens is 2. The van der Waals surface area contributed by atoms with E-state index in [9.17, 15) is 0 Å². The van der Waals surface area contributed by atoms with Gasteiger partial charge in [-0.3, -0.25) is 0 Å². The highest BCUT2D eigenvalue weighted by atomic mass is 35.5. The Hall–Kier alpha value is -0.240. The first kappa shape index (κ1) is 13.2. The van der Waals surface area contributed by atoms with E-state index in [2.05, 4.69) is 12.2 Å². The van der Waals surface area contributed by atoms with Crippen molar-refractivity contribution in [2.75, 3.05) is 6.54 Å². The summed E-state index contributed by atoms with van der Waals surface area (Å²) in [5, 5.41) is 4.95. The van der Waals surface area contributed by atoms with Crippen molar-refractivity contribution in [2.24, 2.45) is 5.41 Å². The predicted molar refractivity (Wildman–Crippen MR) is 74.7 cm³/mol. The second-order valence-corrected chi connectivity index (χ2v) is 6.00. The van der Waals surface area contributed by atoms with Crippen LogP contribution >= 0.6 is 23.2 Å². The van der Waals surface area contributed by atoms with Crippen molar-refractivity contribution in [3.8, 4) is 0 Å². The minimum atomic E-state index is 0.594. The van der Waals surface area contributed by atoms with Gasteiger partial charge in [-0.05, 0) is 48.4 Å². The molecule has 0 aromatic heterocycles. The van der Waals surface area contributed by atoms with E-state index in [1.54, 1.807) is 6.07 Å². The van der Waals surface area contributed by atoms with Crippen LogP contribution in [0.1, 0.15) is 38.2 Å². The van der Waals surface area contributed by atoms with Crippen LogP contribution in [0.3, 0.4) is 0 Å². The molecule has 1 aromatic rings. The van der Waals surface area contributed by atoms with Gasteiger partial charge in [-0.1, -0.05) is 36.5 Å². The van der Waals surface area contributed by atoms with Gasteiger partial charge in [-0.2, -0.15) is 0 Å². The van der Waals surface area contributed by atoms with Gasteiger partial charge >= 0.3 is 0 Å². The minimum Gasteiger partial charge on any atom is -0.312 e. The Morgan fingerprint density at radius 3 is 2.35 bits per heavy atom. The molecule has 1 nitrogen and oxygen atoms in total. The van der Waals surface area contributed by atoms with Crippen molar-refractivity contribution >= 4 is 23.2 Å². The SMILES string of the molecule is CCCC1(CNCc2cc(Cl)cc(Cl)c2)CC1. The predicted octanol–water partition coefficient (Wildman–Crippen LogP) is 4.66. The summed E-state index contributed by atoms with van der Waals surface area (Å²) in [6.07, 6.45) is 5.38. The van der Waals surface area contributed by atoms with E-state index in [0.717, 1.165) is 18.7 Å². The Labute approximate surface area is 114 Å². The minimum absolute atomic E-state index is 0.594. The third kappa shape index (κ3) is 3.87. The third-order valence-corrected chi connectivity index (χ3v) is 3.93. The van der Waals surface area contributed by atoms with Gasteiger partial charge in [0, 0.05) is 23.1 Å². The molecule has 0 aliphatic heterocycles. The molecule has 0 amide bonds. The Morgan fingerprint density at radius 1 is 1.18 bits per heavy atom. The topological polar surface area (TPSA) is 12.0 Å². The molecule has 1 N–H and O–H groups in total. The van der Waals surface area contributed by atoms with E-state index in [-0.39, 0.29) is 0 Å². The highest BCUT2D eigenvalue weighted by Gasteiger charge is 2.40. The maximum atomic E-state index is 5.97. The van der Waals surface area contributed by atoms with Crippen LogP contribution in [0.2, 0.25) is 10.0 Å². The van der Waals surface area contributed by atoms with Crippen molar-refractivity contribution in [2.45, 2.75) is 39.2 Å². The van der Waals surface area contributed by atoms with E-state index in [4.69, 9.17) is 23.2 Å². The van der Waals surface area contributed by atoms with Crippen LogP contribution in [0.25, 0.3) is 0 Å². The Kier molecular flexibility index (Phi) is 4.35. The van der Waals surface area contributed by atoms with Gasteiger partial charge in [-0.25, -0.2) is 0 Å². The Balaban J connectivity index is 1.82. The summed E-state index contributed by atoms with van der Waals surface area (Å²) in [7, 11) is 0. The smallest absolute Gasteiger partial charge is 0.0424 e. The molecular formula is C14H19Cl2N. The van der Waals surface area contributed by atoms with Crippen molar-refractivity contribution in [3.05, 3.63) is 33.8 Å². The molecule has 1 aromatic carbocycles. The van der Waals surface area contributed by atoms with Crippen LogP contribution in [-0.4, -0.2) is 6.54 Å². The van der Waals surface area contributed by atoms with Crippen molar-refractivity contribution in [1.29, 1.82) is 0 Å². The summed E-state index contributed by atoms with van der Waals surface area (Å²) < 4.78 is 0. The van der Waals surface area contributed by atoms with Crippen molar-refractivity contribution in [1.82, 2.24) is 5.32 Å². The molecule has 1 aliphatic rings. The summed E-state index contributed by atoms with van der Waals surface area (Å²) in [6.45, 7) is 4.23. The Morgan fingerprint density at radius 2 is 1.82 bits per heavy atom. The summed E-state index contributed by atoms with van der Waals surface area (Å²) in [6, 6.07) is 5.71. The quantitative estimate of drug-likeness (QED) is 0.794. The lowest BCUT2D eigenvalue weighted by Gasteiger charge is -2.15. The number of hydrogen-bond donors (Lipinski definition) is 1. The molecule has 1 aliphatic carbocycles. The molecule has 0 heterocycles. The lowest BCUT2D eigenvalue weighted by molar-refractivity contribution is 0.421. The zero-order valence-corrected chi connectivity index (χ0v) is 11.7. The summed E-state index contributed by atoms with van der Waals surface area (Å²) in [5.74, 6) is 0. The first-order valence-electron chi connectivity index (χ1n) is 6.29. The largest absolute Gasteiger partial charge is 0.312 e. The van der Waals surface area contributed by atoms with Gasteiger partial charge in [-0.15, -0.1) is 0 Å². The average Bonchev–Trinajstić information content (AvgIpc) is 2.97. The monoisotopic (exact) mass is 271 g/mol. The van der Waals surface area contributed by atoms with Crippen LogP contribution in [-0.2, 0) is 6.54 Å². The molecule has 17 heavy (non-hydrogen) atoms. The molecule has 0 radical (unpaired) electrons. The maximum absolute atomic E-state index is 5.97. The number of nitrogens with one attached hydrogen (secondary N) is 1. The van der Waals surface area contributed by atoms with Gasteiger partial charge in [0.15, 0.2) is 0 Å². The van der Waals surface area contributed by atoms with Crippen LogP contribution < -0.4 is 5.32 Å². The fourth-order valence-electron chi connectivity index (χ4n) is 2.41. The van der Waals surface area contributed by atoms with E-state index in [1.165, 1.54) is 25.7 Å². The number of benzene rings is 1. The van der Waals surface area contributed by atoms with Crippen LogP contribution in [0.5, 0.6) is 0 Å². The molecule has 0 atom stereocenters. The molecule has 0 unspecified atom stereocenters. The first-order chi connectivity index (χ1) is 8.13. The first-order valence-corrected chi connectivity index (χ1v) is 7.05. The molecule has 3 heteroatoms. The molecule has 0 bridgehead atoms. The van der Waals surface area contributed by atoms with Crippen LogP contribution in [0.4, 0.5) is 0 Å². The fraction of sp³-hybridized carbons (Fsp3) is 0.571. The highest BCUT2D eigenvalue weighted by Crippen LogP contribution is 2.48. The van der Waals surface area contributed by atoms with Gasteiger partial charge in [0.2, 0.25) is 0 Å². The zero-order chi connectivity index (χ0) is 12.3. The summed E-state index contributed by atoms with van der Waals surface area (Å²) in [5.41, 5.74) is 1.76. The van der Waals surface area contributed by atoms with E-state index >= 15 is 0 Å². The highest BCUT2D eigenvalue weighted by molar-refractivity contribution is 6.34. The number of hydrogen-bond acceptors (Lipinski definition) is 1. The molecule has 94 valence electrons. The Bertz CT molecular complexity index is 366. The zero-order valence-electron chi connectivity index (χ0n) is 10.2. The normalized spacial score (nSPS) is 17.1. The second kappa shape index (κ2) is 5.60. The number of rotatable bonds is 6. The van der Waals surface area contributed by atoms with Gasteiger partial charge in [0.1, 0.15) is 0 Å². The molecule has 0 spiro atoms. The van der Waals surface area contributed by atoms with E-state index in [1.807, 2.05) is 12.1 Å². The third-order valence-electron chi connectivity index (χ3n) is 3.49. The van der Waals surface area contributed by atoms with Crippen molar-refractivity contribution < 1.29 is 0 Å². The lowest BCUT2D eigenvalue weighted by Crippen LogP contribution is -2.23. The molecule has 0 saturated heterocycles. The van der Waals surface area contributed by atoms with Crippen LogP contribution in [0.15, 0.2) is 18.2 Å². The van der Waals surface area contributed by atoms with E-state index < -0.39 is 0 Å². The average molecular weight is 272 g/mol. The van der Waals surface area contributed by atoms with Gasteiger partial charge in [0.25, 0.3) is 0 Å². The van der Waals surface area contributed by atoms with Crippen molar-refractivity contribution in [3.63, 3.8) is 0 Å². The van der Waals surface area contributed by atoms with E-state index in [0.29, 0.717) is 15.5 Å². The second-order valence-electron chi connectivity index (χ2n) is 5.13. The summed E-state index contributed by atoms with van der Waals surface area (Å²) >= 11 is 11.9. The lowest BCUT2D eigenvalue weighted by atomic mass is 10.0. The standard InChI is InChI=1S/C14H19Cl2N/c1-2-3-14(4-5-14)10-17-9-11-6-12(15)8-13(16)7-11/h6-8,17H,2-5,9-10H2,1H3. The molecule has 1 saturated carbocycles.